The van der Waals surface area contributed by atoms with Gasteiger partial charge in [0.1, 0.15) is 0 Å². The van der Waals surface area contributed by atoms with Crippen LogP contribution < -0.4 is 5.73 Å². The molecule has 1 atom stereocenters. The largest absolute Gasteiger partial charge is 0.451 e. The molecule has 0 saturated heterocycles. The molecule has 1 aliphatic heterocycles. The van der Waals surface area contributed by atoms with E-state index in [1.807, 2.05) is 0 Å². The Labute approximate surface area is 133 Å². The van der Waals surface area contributed by atoms with Crippen LogP contribution in [-0.2, 0) is 13.1 Å². The van der Waals surface area contributed by atoms with E-state index in [1.54, 1.807) is 0 Å². The van der Waals surface area contributed by atoms with E-state index in [-0.39, 0.29) is 6.04 Å². The molecule has 3 rings (SSSR count). The van der Waals surface area contributed by atoms with Crippen molar-refractivity contribution in [3.63, 3.8) is 0 Å². The summed E-state index contributed by atoms with van der Waals surface area (Å²) in [6.45, 7) is 2.19. The van der Waals surface area contributed by atoms with E-state index in [4.69, 9.17) is 15.8 Å². The molecule has 4 nitrogen and oxygen atoms in total. The highest BCUT2D eigenvalue weighted by Gasteiger charge is 2.38. The van der Waals surface area contributed by atoms with Gasteiger partial charge in [0.15, 0.2) is 0 Å². The van der Waals surface area contributed by atoms with Crippen LogP contribution in [0.5, 0.6) is 0 Å². The van der Waals surface area contributed by atoms with Gasteiger partial charge in [-0.3, -0.25) is 4.90 Å². The van der Waals surface area contributed by atoms with Crippen LogP contribution in [0.15, 0.2) is 24.3 Å². The fourth-order valence-electron chi connectivity index (χ4n) is 3.84. The molecular weight excluding hydrogens is 275 g/mol. The molecule has 1 unspecified atom stereocenters. The summed E-state index contributed by atoms with van der Waals surface area (Å²) < 4.78 is 0. The molecule has 0 radical (unpaired) electrons. The zero-order chi connectivity index (χ0) is 15.5. The summed E-state index contributed by atoms with van der Waals surface area (Å²) in [5.41, 5.74) is 9.27. The maximum Gasteiger partial charge on any atom is 0.451 e. The van der Waals surface area contributed by atoms with Gasteiger partial charge in [0, 0.05) is 25.2 Å². The molecule has 1 aromatic carbocycles. The second kappa shape index (κ2) is 7.13. The molecule has 1 fully saturated rings. The van der Waals surface area contributed by atoms with Crippen LogP contribution in [0.2, 0.25) is 6.32 Å². The lowest BCUT2D eigenvalue weighted by atomic mass is 9.73. The predicted molar refractivity (Wildman–Crippen MR) is 89.0 cm³/mol. The average molecular weight is 302 g/mol. The van der Waals surface area contributed by atoms with Crippen molar-refractivity contribution in [2.24, 2.45) is 11.7 Å². The normalized spacial score (nSPS) is 25.6. The van der Waals surface area contributed by atoms with Crippen molar-refractivity contribution in [3.05, 3.63) is 35.4 Å². The summed E-state index contributed by atoms with van der Waals surface area (Å²) in [7, 11) is -1.17. The van der Waals surface area contributed by atoms with Gasteiger partial charge in [-0.25, -0.2) is 0 Å². The first-order valence-electron chi connectivity index (χ1n) is 8.56. The van der Waals surface area contributed by atoms with E-state index in [0.717, 1.165) is 32.4 Å². The number of unbranched alkanes of at least 4 members (excludes halogenated alkanes) is 1. The number of nitrogens with zero attached hydrogens (tertiary/aromatic N) is 1. The van der Waals surface area contributed by atoms with Gasteiger partial charge in [0.05, 0.1) is 0 Å². The lowest BCUT2D eigenvalue weighted by Gasteiger charge is -2.44. The number of hydrogen-bond acceptors (Lipinski definition) is 4. The average Bonchev–Trinajstić information content (AvgIpc) is 2.85. The van der Waals surface area contributed by atoms with E-state index < -0.39 is 7.12 Å². The minimum absolute atomic E-state index is 0.275. The standard InChI is InChI=1S/C17H27BN2O2/c19-17(7-3-4-8-18(21)22)15-9-16(10-15)20-11-13-5-1-2-6-14(13)12-20/h1-2,5-6,15-17,21-22H,3-4,7-12,19H2. The molecule has 0 aromatic heterocycles. The van der Waals surface area contributed by atoms with E-state index in [1.165, 1.54) is 24.0 Å². The molecule has 0 bridgehead atoms. The molecule has 4 N–H and O–H groups in total. The van der Waals surface area contributed by atoms with Gasteiger partial charge in [0.2, 0.25) is 0 Å². The Balaban J connectivity index is 1.36. The van der Waals surface area contributed by atoms with E-state index in [2.05, 4.69) is 29.2 Å². The van der Waals surface area contributed by atoms with Gasteiger partial charge in [-0.2, -0.15) is 0 Å². The molecule has 1 heterocycles. The minimum atomic E-state index is -1.17. The second-order valence-corrected chi connectivity index (χ2v) is 6.99. The predicted octanol–water partition coefficient (Wildman–Crippen LogP) is 1.75. The van der Waals surface area contributed by atoms with E-state index in [0.29, 0.717) is 18.3 Å². The van der Waals surface area contributed by atoms with Crippen molar-refractivity contribution in [1.29, 1.82) is 0 Å². The molecular formula is C17H27BN2O2. The quantitative estimate of drug-likeness (QED) is 0.530. The summed E-state index contributed by atoms with van der Waals surface area (Å²) in [6.07, 6.45) is 5.75. The highest BCUT2D eigenvalue weighted by Crippen LogP contribution is 2.38. The number of fused-ring (bicyclic) bond motifs is 1. The summed E-state index contributed by atoms with van der Waals surface area (Å²) in [4.78, 5) is 2.59. The third kappa shape index (κ3) is 3.71. The van der Waals surface area contributed by atoms with Crippen molar-refractivity contribution in [2.75, 3.05) is 0 Å². The van der Waals surface area contributed by atoms with Gasteiger partial charge >= 0.3 is 7.12 Å². The monoisotopic (exact) mass is 302 g/mol. The van der Waals surface area contributed by atoms with Crippen LogP contribution in [0, 0.1) is 5.92 Å². The third-order valence-corrected chi connectivity index (χ3v) is 5.39. The summed E-state index contributed by atoms with van der Waals surface area (Å²) in [6, 6.07) is 9.72. The summed E-state index contributed by atoms with van der Waals surface area (Å²) in [5, 5.41) is 17.7. The Bertz CT molecular complexity index is 466. The van der Waals surface area contributed by atoms with Crippen molar-refractivity contribution >= 4 is 7.12 Å². The zero-order valence-corrected chi connectivity index (χ0v) is 13.2. The third-order valence-electron chi connectivity index (χ3n) is 5.39. The van der Waals surface area contributed by atoms with Crippen molar-refractivity contribution in [2.45, 2.75) is 63.6 Å². The number of nitrogens with two attached hydrogens (primary N) is 1. The number of hydrogen-bond donors (Lipinski definition) is 3. The van der Waals surface area contributed by atoms with Crippen LogP contribution in [0.1, 0.15) is 43.2 Å². The Morgan fingerprint density at radius 2 is 1.77 bits per heavy atom. The Kier molecular flexibility index (Phi) is 5.19. The maximum atomic E-state index is 8.83. The minimum Gasteiger partial charge on any atom is -0.427 e. The fourth-order valence-corrected chi connectivity index (χ4v) is 3.84. The molecule has 2 aliphatic rings. The first-order valence-corrected chi connectivity index (χ1v) is 8.56. The van der Waals surface area contributed by atoms with Crippen LogP contribution in [0.4, 0.5) is 0 Å². The maximum absolute atomic E-state index is 8.83. The van der Waals surface area contributed by atoms with Gasteiger partial charge < -0.3 is 15.8 Å². The van der Waals surface area contributed by atoms with Gasteiger partial charge in [-0.1, -0.05) is 37.1 Å². The van der Waals surface area contributed by atoms with E-state index in [9.17, 15) is 0 Å². The smallest absolute Gasteiger partial charge is 0.427 e. The van der Waals surface area contributed by atoms with Crippen molar-refractivity contribution in [3.8, 4) is 0 Å². The topological polar surface area (TPSA) is 69.7 Å². The molecule has 1 aliphatic carbocycles. The van der Waals surface area contributed by atoms with Gasteiger partial charge in [-0.15, -0.1) is 0 Å². The summed E-state index contributed by atoms with van der Waals surface area (Å²) >= 11 is 0. The zero-order valence-electron chi connectivity index (χ0n) is 13.2. The Hall–Kier alpha value is -0.875. The van der Waals surface area contributed by atoms with Gasteiger partial charge in [0.25, 0.3) is 0 Å². The van der Waals surface area contributed by atoms with Gasteiger partial charge in [-0.05, 0) is 42.6 Å². The van der Waals surface area contributed by atoms with Crippen molar-refractivity contribution < 1.29 is 10.0 Å². The molecule has 1 aromatic rings. The van der Waals surface area contributed by atoms with E-state index >= 15 is 0 Å². The fraction of sp³-hybridized carbons (Fsp3) is 0.647. The van der Waals surface area contributed by atoms with Crippen LogP contribution in [0.3, 0.4) is 0 Å². The second-order valence-electron chi connectivity index (χ2n) is 6.99. The van der Waals surface area contributed by atoms with Crippen LogP contribution in [0.25, 0.3) is 0 Å². The number of benzene rings is 1. The Morgan fingerprint density at radius 1 is 1.14 bits per heavy atom. The van der Waals surface area contributed by atoms with Crippen molar-refractivity contribution in [1.82, 2.24) is 4.90 Å². The molecule has 0 spiro atoms. The van der Waals surface area contributed by atoms with Crippen LogP contribution >= 0.6 is 0 Å². The highest BCUT2D eigenvalue weighted by molar-refractivity contribution is 6.40. The molecule has 22 heavy (non-hydrogen) atoms. The molecule has 120 valence electrons. The Morgan fingerprint density at radius 3 is 2.36 bits per heavy atom. The molecule has 5 heteroatoms. The first kappa shape index (κ1) is 16.0. The first-order chi connectivity index (χ1) is 10.6. The lowest BCUT2D eigenvalue weighted by Crippen LogP contribution is -2.48. The highest BCUT2D eigenvalue weighted by atomic mass is 16.4. The van der Waals surface area contributed by atoms with Crippen LogP contribution in [-0.4, -0.2) is 34.2 Å². The molecule has 1 saturated carbocycles. The SMILES string of the molecule is NC(CCCCB(O)O)C1CC(N2Cc3ccccc3C2)C1. The lowest BCUT2D eigenvalue weighted by molar-refractivity contribution is 0.0610. The number of rotatable bonds is 7. The summed E-state index contributed by atoms with van der Waals surface area (Å²) in [5.74, 6) is 0.646. The molecule has 0 amide bonds.